The highest BCUT2D eigenvalue weighted by molar-refractivity contribution is 6.03. The fourth-order valence-electron chi connectivity index (χ4n) is 4.81. The van der Waals surface area contributed by atoms with Crippen LogP contribution in [0.1, 0.15) is 68.8 Å². The molecule has 0 bridgehead atoms. The van der Waals surface area contributed by atoms with Gasteiger partial charge in [-0.05, 0) is 58.6 Å². The van der Waals surface area contributed by atoms with Crippen LogP contribution in [-0.4, -0.2) is 54.2 Å². The number of hydrogen-bond acceptors (Lipinski definition) is 6. The van der Waals surface area contributed by atoms with E-state index in [1.807, 2.05) is 20.8 Å². The monoisotopic (exact) mass is 529 g/mol. The first kappa shape index (κ1) is 27.6. The van der Waals surface area contributed by atoms with Gasteiger partial charge in [-0.25, -0.2) is 4.98 Å². The van der Waals surface area contributed by atoms with Gasteiger partial charge in [-0.1, -0.05) is 11.8 Å². The number of nitrogens with one attached hydrogen (secondary N) is 1. The molecule has 8 nitrogen and oxygen atoms in total. The molecule has 0 unspecified atom stereocenters. The minimum Gasteiger partial charge on any atom is -0.490 e. The van der Waals surface area contributed by atoms with Gasteiger partial charge >= 0.3 is 5.92 Å². The first-order valence-electron chi connectivity index (χ1n) is 12.9. The number of carbonyl (C=O) groups is 2. The summed E-state index contributed by atoms with van der Waals surface area (Å²) in [6.45, 7) is 6.13. The van der Waals surface area contributed by atoms with E-state index < -0.39 is 30.2 Å². The molecule has 2 heterocycles. The summed E-state index contributed by atoms with van der Waals surface area (Å²) in [5, 5.41) is 3.32. The second kappa shape index (κ2) is 11.5. The van der Waals surface area contributed by atoms with Crippen molar-refractivity contribution in [2.45, 2.75) is 77.0 Å². The number of aromatic nitrogens is 1. The van der Waals surface area contributed by atoms with E-state index in [2.05, 4.69) is 22.1 Å². The molecule has 2 amide bonds. The molecule has 1 saturated heterocycles. The van der Waals surface area contributed by atoms with Crippen molar-refractivity contribution < 1.29 is 32.6 Å². The number of nitrogens with zero attached hydrogens (tertiary/aromatic N) is 1. The Morgan fingerprint density at radius 1 is 1.24 bits per heavy atom. The van der Waals surface area contributed by atoms with Gasteiger partial charge in [-0.15, -0.1) is 0 Å². The quantitative estimate of drug-likeness (QED) is 0.501. The van der Waals surface area contributed by atoms with Crippen LogP contribution in [0.5, 0.6) is 11.6 Å². The minimum atomic E-state index is -3.43. The van der Waals surface area contributed by atoms with E-state index in [-0.39, 0.29) is 41.9 Å². The summed E-state index contributed by atoms with van der Waals surface area (Å²) >= 11 is 0. The molecule has 204 valence electrons. The zero-order chi connectivity index (χ0) is 27.4. The van der Waals surface area contributed by atoms with Crippen LogP contribution < -0.4 is 20.5 Å². The topological polar surface area (TPSA) is 113 Å². The third-order valence-electron chi connectivity index (χ3n) is 6.66. The summed E-state index contributed by atoms with van der Waals surface area (Å²) in [7, 11) is 0. The smallest absolute Gasteiger partial charge is 0.326 e. The molecule has 10 heteroatoms. The van der Waals surface area contributed by atoms with Crippen molar-refractivity contribution in [2.24, 2.45) is 11.7 Å². The predicted octanol–water partition coefficient (Wildman–Crippen LogP) is 3.97. The maximum Gasteiger partial charge on any atom is 0.326 e. The van der Waals surface area contributed by atoms with Crippen LogP contribution in [-0.2, 0) is 9.53 Å². The number of rotatable bonds is 8. The molecule has 0 radical (unpaired) electrons. The molecule has 3 N–H and O–H groups in total. The molecule has 1 aliphatic carbocycles. The Kier molecular flexibility index (Phi) is 8.36. The van der Waals surface area contributed by atoms with Gasteiger partial charge in [0, 0.05) is 35.9 Å². The van der Waals surface area contributed by atoms with E-state index >= 15 is 0 Å². The Bertz CT molecular complexity index is 1260. The second-order valence-electron chi connectivity index (χ2n) is 9.99. The van der Waals surface area contributed by atoms with Crippen LogP contribution in [0.4, 0.5) is 8.78 Å². The van der Waals surface area contributed by atoms with Crippen LogP contribution in [0.15, 0.2) is 18.3 Å². The van der Waals surface area contributed by atoms with Gasteiger partial charge in [0.05, 0.1) is 29.4 Å². The fourth-order valence-corrected chi connectivity index (χ4v) is 4.81. The molecule has 1 aromatic carbocycles. The number of ether oxygens (including phenoxy) is 3. The number of pyridine rings is 1. The van der Waals surface area contributed by atoms with E-state index in [4.69, 9.17) is 19.9 Å². The van der Waals surface area contributed by atoms with Crippen LogP contribution in [0.25, 0.3) is 10.8 Å². The average molecular weight is 530 g/mol. The van der Waals surface area contributed by atoms with E-state index in [1.54, 1.807) is 12.1 Å². The maximum atomic E-state index is 13.6. The summed E-state index contributed by atoms with van der Waals surface area (Å²) < 4.78 is 44.6. The molecule has 1 atom stereocenters. The Balaban J connectivity index is 1.67. The van der Waals surface area contributed by atoms with Gasteiger partial charge in [0.15, 0.2) is 0 Å². The molecule has 2 aromatic rings. The van der Waals surface area contributed by atoms with E-state index in [1.165, 1.54) is 6.20 Å². The number of fused-ring (bicyclic) bond motifs is 1. The lowest BCUT2D eigenvalue weighted by Crippen LogP contribution is -2.33. The van der Waals surface area contributed by atoms with Crippen LogP contribution in [0, 0.1) is 17.8 Å². The molecule has 1 aromatic heterocycles. The molecule has 2 aliphatic rings. The number of hydrogen-bond donors (Lipinski definition) is 2. The van der Waals surface area contributed by atoms with Gasteiger partial charge in [-0.3, -0.25) is 9.59 Å². The summed E-state index contributed by atoms with van der Waals surface area (Å²) in [4.78, 5) is 28.1. The molecule has 0 spiro atoms. The molecular weight excluding hydrogens is 496 g/mol. The van der Waals surface area contributed by atoms with Crippen LogP contribution in [0.3, 0.4) is 0 Å². The Morgan fingerprint density at radius 3 is 2.58 bits per heavy atom. The van der Waals surface area contributed by atoms with Gasteiger partial charge < -0.3 is 25.3 Å². The Morgan fingerprint density at radius 2 is 1.97 bits per heavy atom. The molecule has 1 aliphatic heterocycles. The van der Waals surface area contributed by atoms with E-state index in [0.717, 1.165) is 25.7 Å². The van der Waals surface area contributed by atoms with Crippen LogP contribution in [0.2, 0.25) is 0 Å². The lowest BCUT2D eigenvalue weighted by molar-refractivity contribution is -0.139. The molecular formula is C28H33F2N3O5. The summed E-state index contributed by atoms with van der Waals surface area (Å²) in [6, 6.07) is 2.35. The van der Waals surface area contributed by atoms with Crippen molar-refractivity contribution in [1.82, 2.24) is 10.3 Å². The van der Waals surface area contributed by atoms with E-state index in [9.17, 15) is 18.4 Å². The molecule has 38 heavy (non-hydrogen) atoms. The Labute approximate surface area is 220 Å². The predicted molar refractivity (Wildman–Crippen MR) is 137 cm³/mol. The van der Waals surface area contributed by atoms with Crippen molar-refractivity contribution in [1.29, 1.82) is 0 Å². The SMILES string of the molecule is CCO[C@H]1CC[C@H](C#Cc2cnc(OC[C@@H]3CC(F)(F)C(=O)N3)c3cc(OC(C)C)c(C(N)=O)cc23)CC1. The van der Waals surface area contributed by atoms with E-state index in [0.29, 0.717) is 22.9 Å². The minimum absolute atomic E-state index is 0.150. The van der Waals surface area contributed by atoms with Crippen molar-refractivity contribution >= 4 is 22.6 Å². The number of carbonyl (C=O) groups excluding carboxylic acids is 2. The normalized spacial score (nSPS) is 22.6. The summed E-state index contributed by atoms with van der Waals surface area (Å²) in [6.07, 6.45) is 4.68. The Hall–Kier alpha value is -3.45. The van der Waals surface area contributed by atoms with Crippen molar-refractivity contribution in [3.8, 4) is 23.5 Å². The highest BCUT2D eigenvalue weighted by Crippen LogP contribution is 2.34. The fraction of sp³-hybridized carbons (Fsp3) is 0.536. The van der Waals surface area contributed by atoms with Gasteiger partial charge in [0.25, 0.3) is 11.8 Å². The first-order chi connectivity index (χ1) is 18.1. The lowest BCUT2D eigenvalue weighted by Gasteiger charge is -2.25. The molecule has 4 rings (SSSR count). The van der Waals surface area contributed by atoms with Crippen molar-refractivity contribution in [2.75, 3.05) is 13.2 Å². The van der Waals surface area contributed by atoms with Crippen molar-refractivity contribution in [3.05, 3.63) is 29.5 Å². The zero-order valence-corrected chi connectivity index (χ0v) is 21.8. The summed E-state index contributed by atoms with van der Waals surface area (Å²) in [5.41, 5.74) is 6.42. The first-order valence-corrected chi connectivity index (χ1v) is 12.9. The molecule has 1 saturated carbocycles. The highest BCUT2D eigenvalue weighted by atomic mass is 19.3. The van der Waals surface area contributed by atoms with Gasteiger partial charge in [-0.2, -0.15) is 8.78 Å². The molecule has 2 fully saturated rings. The second-order valence-corrected chi connectivity index (χ2v) is 9.99. The lowest BCUT2D eigenvalue weighted by atomic mass is 9.87. The van der Waals surface area contributed by atoms with Gasteiger partial charge in [0.2, 0.25) is 5.88 Å². The number of halogens is 2. The maximum absolute atomic E-state index is 13.6. The number of benzene rings is 1. The third kappa shape index (κ3) is 6.33. The number of amides is 2. The third-order valence-corrected chi connectivity index (χ3v) is 6.66. The number of primary amides is 1. The average Bonchev–Trinajstić information content (AvgIpc) is 3.13. The number of alkyl halides is 2. The van der Waals surface area contributed by atoms with Gasteiger partial charge in [0.1, 0.15) is 12.4 Å². The highest BCUT2D eigenvalue weighted by Gasteiger charge is 2.48. The summed E-state index contributed by atoms with van der Waals surface area (Å²) in [5.74, 6) is 1.76. The zero-order valence-electron chi connectivity index (χ0n) is 21.8. The standard InChI is InChI=1S/C28H33F2N3O5/c1-4-36-20-9-6-17(7-10-20)5-8-18-14-32-26(37-15-19-13-28(29,30)27(35)33-19)22-12-24(38-16(2)3)23(25(31)34)11-21(18)22/h11-12,14,16-17,19-20H,4,6-7,9-10,13,15H2,1-3H3,(H2,31,34)(H,33,35)/t17-,19-,20-/m0/s1. The van der Waals surface area contributed by atoms with Crippen molar-refractivity contribution in [3.63, 3.8) is 0 Å². The van der Waals surface area contributed by atoms with Crippen LogP contribution >= 0.6 is 0 Å². The number of nitrogens with two attached hydrogens (primary N) is 1. The largest absolute Gasteiger partial charge is 0.490 e.